The second kappa shape index (κ2) is 6.19. The lowest BCUT2D eigenvalue weighted by atomic mass is 9.97. The van der Waals surface area contributed by atoms with Gasteiger partial charge >= 0.3 is 0 Å². The molecular formula is C15H15N7O2. The lowest BCUT2D eigenvalue weighted by Gasteiger charge is -2.30. The Morgan fingerprint density at radius 3 is 3.12 bits per heavy atom. The Bertz CT molecular complexity index is 815. The molecule has 0 bridgehead atoms. The number of aromatic nitrogens is 6. The SMILES string of the molecule is O=C(c1cn[nH]n1)N1CCCC(c2nc(-c3cccnc3)no2)C1. The lowest BCUT2D eigenvalue weighted by Crippen LogP contribution is -2.39. The van der Waals surface area contributed by atoms with Gasteiger partial charge in [-0.3, -0.25) is 9.78 Å². The monoisotopic (exact) mass is 325 g/mol. The van der Waals surface area contributed by atoms with Crippen LogP contribution in [0.5, 0.6) is 0 Å². The van der Waals surface area contributed by atoms with Crippen LogP contribution in [0.4, 0.5) is 0 Å². The Labute approximate surface area is 137 Å². The average Bonchev–Trinajstić information content (AvgIpc) is 3.34. The van der Waals surface area contributed by atoms with Crippen LogP contribution in [0.3, 0.4) is 0 Å². The molecule has 9 nitrogen and oxygen atoms in total. The minimum atomic E-state index is -0.138. The maximum Gasteiger partial charge on any atom is 0.276 e. The van der Waals surface area contributed by atoms with Gasteiger partial charge in [-0.05, 0) is 25.0 Å². The van der Waals surface area contributed by atoms with E-state index in [1.807, 2.05) is 12.1 Å². The van der Waals surface area contributed by atoms with Crippen molar-refractivity contribution in [2.24, 2.45) is 0 Å². The molecule has 1 N–H and O–H groups in total. The van der Waals surface area contributed by atoms with Gasteiger partial charge < -0.3 is 9.42 Å². The third-order valence-electron chi connectivity index (χ3n) is 4.05. The summed E-state index contributed by atoms with van der Waals surface area (Å²) in [7, 11) is 0. The quantitative estimate of drug-likeness (QED) is 0.771. The average molecular weight is 325 g/mol. The first-order valence-electron chi connectivity index (χ1n) is 7.70. The molecule has 0 spiro atoms. The van der Waals surface area contributed by atoms with E-state index in [2.05, 4.69) is 30.5 Å². The Kier molecular flexibility index (Phi) is 3.73. The van der Waals surface area contributed by atoms with Crippen LogP contribution in [0.1, 0.15) is 35.1 Å². The Morgan fingerprint density at radius 1 is 1.38 bits per heavy atom. The van der Waals surface area contributed by atoms with Crippen molar-refractivity contribution in [2.45, 2.75) is 18.8 Å². The summed E-state index contributed by atoms with van der Waals surface area (Å²) in [5, 5.41) is 14.0. The normalized spacial score (nSPS) is 17.8. The summed E-state index contributed by atoms with van der Waals surface area (Å²) in [6, 6.07) is 3.70. The standard InChI is InChI=1S/C15H15N7O2/c23-15(12-8-17-21-19-12)22-6-2-4-11(9-22)14-18-13(20-24-14)10-3-1-5-16-7-10/h1,3,5,7-8,11H,2,4,6,9H2,(H,17,19,21). The number of pyridine rings is 1. The van der Waals surface area contributed by atoms with E-state index < -0.39 is 0 Å². The molecule has 122 valence electrons. The van der Waals surface area contributed by atoms with Gasteiger partial charge in [0.2, 0.25) is 11.7 Å². The number of hydrogen-bond donors (Lipinski definition) is 1. The maximum atomic E-state index is 12.4. The predicted molar refractivity (Wildman–Crippen MR) is 81.8 cm³/mol. The van der Waals surface area contributed by atoms with Crippen molar-refractivity contribution >= 4 is 5.91 Å². The van der Waals surface area contributed by atoms with Gasteiger partial charge in [0.15, 0.2) is 5.69 Å². The van der Waals surface area contributed by atoms with Crippen LogP contribution in [-0.4, -0.2) is 54.4 Å². The zero-order valence-electron chi connectivity index (χ0n) is 12.8. The molecule has 4 heterocycles. The number of aromatic amines is 1. The molecule has 1 fully saturated rings. The number of piperidine rings is 1. The summed E-state index contributed by atoms with van der Waals surface area (Å²) in [6.45, 7) is 1.21. The van der Waals surface area contributed by atoms with E-state index in [0.717, 1.165) is 18.4 Å². The number of rotatable bonds is 3. The van der Waals surface area contributed by atoms with Gasteiger partial charge in [-0.25, -0.2) is 0 Å². The van der Waals surface area contributed by atoms with E-state index >= 15 is 0 Å². The fourth-order valence-electron chi connectivity index (χ4n) is 2.84. The molecule has 3 aromatic rings. The Morgan fingerprint density at radius 2 is 2.33 bits per heavy atom. The fraction of sp³-hybridized carbons (Fsp3) is 0.333. The highest BCUT2D eigenvalue weighted by Crippen LogP contribution is 2.27. The lowest BCUT2D eigenvalue weighted by molar-refractivity contribution is 0.0689. The third-order valence-corrected chi connectivity index (χ3v) is 4.05. The van der Waals surface area contributed by atoms with Gasteiger partial charge in [-0.1, -0.05) is 5.16 Å². The predicted octanol–water partition coefficient (Wildman–Crippen LogP) is 1.27. The smallest absolute Gasteiger partial charge is 0.276 e. The maximum absolute atomic E-state index is 12.4. The van der Waals surface area contributed by atoms with Crippen LogP contribution >= 0.6 is 0 Å². The molecule has 4 rings (SSSR count). The van der Waals surface area contributed by atoms with E-state index in [0.29, 0.717) is 30.5 Å². The first kappa shape index (κ1) is 14.5. The molecule has 0 aromatic carbocycles. The second-order valence-corrected chi connectivity index (χ2v) is 5.64. The fourth-order valence-corrected chi connectivity index (χ4v) is 2.84. The van der Waals surface area contributed by atoms with Crippen LogP contribution in [0, 0.1) is 0 Å². The summed E-state index contributed by atoms with van der Waals surface area (Å²) in [4.78, 5) is 22.7. The van der Waals surface area contributed by atoms with Crippen molar-refractivity contribution in [3.05, 3.63) is 42.3 Å². The summed E-state index contributed by atoms with van der Waals surface area (Å²) in [6.07, 6.45) is 6.59. The van der Waals surface area contributed by atoms with Crippen molar-refractivity contribution in [1.29, 1.82) is 0 Å². The molecular weight excluding hydrogens is 310 g/mol. The van der Waals surface area contributed by atoms with Crippen molar-refractivity contribution < 1.29 is 9.32 Å². The summed E-state index contributed by atoms with van der Waals surface area (Å²) >= 11 is 0. The number of carbonyl (C=O) groups is 1. The molecule has 1 unspecified atom stereocenters. The van der Waals surface area contributed by atoms with Gasteiger partial charge in [0.1, 0.15) is 0 Å². The van der Waals surface area contributed by atoms with Crippen molar-refractivity contribution in [2.75, 3.05) is 13.1 Å². The molecule has 9 heteroatoms. The van der Waals surface area contributed by atoms with Gasteiger partial charge in [-0.2, -0.15) is 20.4 Å². The molecule has 24 heavy (non-hydrogen) atoms. The highest BCUT2D eigenvalue weighted by Gasteiger charge is 2.30. The summed E-state index contributed by atoms with van der Waals surface area (Å²) < 4.78 is 5.42. The van der Waals surface area contributed by atoms with E-state index in [-0.39, 0.29) is 11.8 Å². The van der Waals surface area contributed by atoms with Gasteiger partial charge in [0.05, 0.1) is 12.1 Å². The molecule has 0 aliphatic carbocycles. The van der Waals surface area contributed by atoms with Crippen LogP contribution in [0.2, 0.25) is 0 Å². The first-order valence-corrected chi connectivity index (χ1v) is 7.70. The van der Waals surface area contributed by atoms with Crippen molar-refractivity contribution in [1.82, 2.24) is 35.4 Å². The van der Waals surface area contributed by atoms with Gasteiger partial charge in [0, 0.05) is 31.0 Å². The molecule has 3 aromatic heterocycles. The largest absolute Gasteiger partial charge is 0.339 e. The number of amides is 1. The van der Waals surface area contributed by atoms with E-state index in [1.54, 1.807) is 17.3 Å². The van der Waals surface area contributed by atoms with Crippen LogP contribution in [-0.2, 0) is 0 Å². The zero-order chi connectivity index (χ0) is 16.4. The van der Waals surface area contributed by atoms with E-state index in [1.165, 1.54) is 6.20 Å². The minimum Gasteiger partial charge on any atom is -0.339 e. The third kappa shape index (κ3) is 2.75. The van der Waals surface area contributed by atoms with Crippen LogP contribution in [0.15, 0.2) is 35.2 Å². The van der Waals surface area contributed by atoms with Gasteiger partial charge in [-0.15, -0.1) is 0 Å². The molecule has 1 aliphatic heterocycles. The number of nitrogens with zero attached hydrogens (tertiary/aromatic N) is 6. The van der Waals surface area contributed by atoms with E-state index in [9.17, 15) is 4.79 Å². The topological polar surface area (TPSA) is 114 Å². The molecule has 0 radical (unpaired) electrons. The summed E-state index contributed by atoms with van der Waals surface area (Å²) in [5.41, 5.74) is 1.12. The molecule has 1 atom stereocenters. The molecule has 0 saturated carbocycles. The zero-order valence-corrected chi connectivity index (χ0v) is 12.8. The van der Waals surface area contributed by atoms with Crippen molar-refractivity contribution in [3.63, 3.8) is 0 Å². The Balaban J connectivity index is 1.50. The second-order valence-electron chi connectivity index (χ2n) is 5.64. The number of nitrogens with one attached hydrogen (secondary N) is 1. The van der Waals surface area contributed by atoms with Crippen LogP contribution < -0.4 is 0 Å². The van der Waals surface area contributed by atoms with Crippen molar-refractivity contribution in [3.8, 4) is 11.4 Å². The van der Waals surface area contributed by atoms with Gasteiger partial charge in [0.25, 0.3) is 5.91 Å². The van der Waals surface area contributed by atoms with E-state index in [4.69, 9.17) is 4.52 Å². The molecule has 1 amide bonds. The van der Waals surface area contributed by atoms with Crippen LogP contribution in [0.25, 0.3) is 11.4 Å². The number of hydrogen-bond acceptors (Lipinski definition) is 7. The molecule has 1 aliphatic rings. The highest BCUT2D eigenvalue weighted by atomic mass is 16.5. The minimum absolute atomic E-state index is 0.0209. The number of likely N-dealkylation sites (tertiary alicyclic amines) is 1. The number of H-pyrrole nitrogens is 1. The Hall–Kier alpha value is -3.10. The first-order chi connectivity index (χ1) is 11.8. The highest BCUT2D eigenvalue weighted by molar-refractivity contribution is 5.92. The molecule has 1 saturated heterocycles. The summed E-state index contributed by atoms with van der Waals surface area (Å²) in [5.74, 6) is 0.942. The number of carbonyl (C=O) groups excluding carboxylic acids is 1.